The molecule has 0 bridgehead atoms. The first-order chi connectivity index (χ1) is 12.9. The first kappa shape index (κ1) is 26.2. The van der Waals surface area contributed by atoms with Crippen molar-refractivity contribution in [3.05, 3.63) is 59.7 Å². The number of rotatable bonds is 14. The fraction of sp³-hybridized carbons (Fsp3) is 0.615. The summed E-state index contributed by atoms with van der Waals surface area (Å²) in [4.78, 5) is 0. The van der Waals surface area contributed by atoms with E-state index in [0.29, 0.717) is 0 Å². The van der Waals surface area contributed by atoms with Crippen LogP contribution in [0.1, 0.15) is 102 Å². The molecule has 0 aliphatic rings. The van der Waals surface area contributed by atoms with Gasteiger partial charge in [-0.1, -0.05) is 104 Å². The number of unbranched alkanes of at least 4 members (excludes halogenated alkanes) is 10. The molecule has 1 heteroatoms. The van der Waals surface area contributed by atoms with Gasteiger partial charge in [0.05, 0.1) is 0 Å². The Balaban J connectivity index is 0.000000483. The summed E-state index contributed by atoms with van der Waals surface area (Å²) in [6.07, 6.45) is 19.3. The van der Waals surface area contributed by atoms with E-state index in [4.69, 9.17) is 0 Å². The molecular weight excluding hydrogens is 368 g/mol. The van der Waals surface area contributed by atoms with Gasteiger partial charge in [-0.25, -0.2) is 24.3 Å². The van der Waals surface area contributed by atoms with Crippen molar-refractivity contribution < 1.29 is 17.1 Å². The fourth-order valence-corrected chi connectivity index (χ4v) is 3.38. The first-order valence-electron chi connectivity index (χ1n) is 11.3. The molecule has 0 atom stereocenters. The second kappa shape index (κ2) is 20.0. The molecule has 0 heterocycles. The fourth-order valence-electron chi connectivity index (χ4n) is 3.38. The topological polar surface area (TPSA) is 0 Å². The van der Waals surface area contributed by atoms with E-state index in [-0.39, 0.29) is 17.1 Å². The summed E-state index contributed by atoms with van der Waals surface area (Å²) in [5, 5.41) is 0. The van der Waals surface area contributed by atoms with E-state index in [1.165, 1.54) is 101 Å². The van der Waals surface area contributed by atoms with Crippen molar-refractivity contribution in [2.24, 2.45) is 0 Å². The Morgan fingerprint density at radius 1 is 0.556 bits per heavy atom. The summed E-state index contributed by atoms with van der Waals surface area (Å²) in [7, 11) is 0. The Morgan fingerprint density at radius 3 is 1.26 bits per heavy atom. The Kier molecular flexibility index (Phi) is 19.4. The zero-order valence-corrected chi connectivity index (χ0v) is 19.0. The Bertz CT molecular complexity index is 420. The standard InChI is InChI=1S/2C13H21.Fe/c2*1-2-3-4-5-6-7-10-13-11-8-9-12-13;/h2*8-9,11-12H,2-7,10H2,1H3;/q2*-1;+2. The van der Waals surface area contributed by atoms with E-state index in [0.717, 1.165) is 0 Å². The summed E-state index contributed by atoms with van der Waals surface area (Å²) in [5.74, 6) is 0. The molecule has 0 unspecified atom stereocenters. The van der Waals surface area contributed by atoms with Crippen LogP contribution in [-0.2, 0) is 29.9 Å². The van der Waals surface area contributed by atoms with Crippen LogP contribution in [0.15, 0.2) is 48.5 Å². The summed E-state index contributed by atoms with van der Waals surface area (Å²) >= 11 is 0. The van der Waals surface area contributed by atoms with Crippen molar-refractivity contribution in [1.82, 2.24) is 0 Å². The van der Waals surface area contributed by atoms with Crippen LogP contribution in [0.4, 0.5) is 0 Å². The number of aryl methyl sites for hydroxylation is 2. The maximum absolute atomic E-state index is 2.27. The van der Waals surface area contributed by atoms with Gasteiger partial charge in [-0.05, 0) is 0 Å². The minimum absolute atomic E-state index is 0. The van der Waals surface area contributed by atoms with E-state index in [9.17, 15) is 0 Å². The predicted molar refractivity (Wildman–Crippen MR) is 118 cm³/mol. The summed E-state index contributed by atoms with van der Waals surface area (Å²) in [5.41, 5.74) is 3.02. The average molecular weight is 410 g/mol. The minimum Gasteiger partial charge on any atom is -0.213 e. The molecule has 2 aromatic carbocycles. The maximum atomic E-state index is 2.27. The third-order valence-corrected chi connectivity index (χ3v) is 5.10. The van der Waals surface area contributed by atoms with Crippen molar-refractivity contribution >= 4 is 0 Å². The maximum Gasteiger partial charge on any atom is 2.00 e. The zero-order chi connectivity index (χ0) is 18.7. The van der Waals surface area contributed by atoms with Gasteiger partial charge in [0.15, 0.2) is 0 Å². The molecule has 0 N–H and O–H groups in total. The van der Waals surface area contributed by atoms with Gasteiger partial charge in [-0.2, -0.15) is 35.4 Å². The van der Waals surface area contributed by atoms with Gasteiger partial charge in [0, 0.05) is 0 Å². The van der Waals surface area contributed by atoms with Crippen LogP contribution in [-0.4, -0.2) is 0 Å². The average Bonchev–Trinajstić information content (AvgIpc) is 3.35. The summed E-state index contributed by atoms with van der Waals surface area (Å²) in [6, 6.07) is 17.4. The number of hydrogen-bond acceptors (Lipinski definition) is 0. The third-order valence-electron chi connectivity index (χ3n) is 5.10. The minimum atomic E-state index is 0. The van der Waals surface area contributed by atoms with Crippen molar-refractivity contribution in [2.45, 2.75) is 104 Å². The Hall–Kier alpha value is -0.781. The molecule has 0 aliphatic carbocycles. The van der Waals surface area contributed by atoms with E-state index in [1.807, 2.05) is 0 Å². The molecule has 0 aliphatic heterocycles. The second-order valence-electron chi connectivity index (χ2n) is 7.62. The molecular formula is C26H42Fe. The van der Waals surface area contributed by atoms with Crippen LogP contribution in [0, 0.1) is 0 Å². The summed E-state index contributed by atoms with van der Waals surface area (Å²) < 4.78 is 0. The van der Waals surface area contributed by atoms with Gasteiger partial charge in [-0.15, -0.1) is 0 Å². The van der Waals surface area contributed by atoms with Gasteiger partial charge >= 0.3 is 17.1 Å². The molecule has 2 aromatic rings. The second-order valence-corrected chi connectivity index (χ2v) is 7.62. The van der Waals surface area contributed by atoms with Gasteiger partial charge in [0.25, 0.3) is 0 Å². The van der Waals surface area contributed by atoms with Crippen LogP contribution in [0.2, 0.25) is 0 Å². The molecule has 0 spiro atoms. The largest absolute Gasteiger partial charge is 2.00 e. The van der Waals surface area contributed by atoms with Crippen LogP contribution in [0.25, 0.3) is 0 Å². The predicted octanol–water partition coefficient (Wildman–Crippen LogP) is 8.61. The van der Waals surface area contributed by atoms with Gasteiger partial charge in [0.1, 0.15) is 0 Å². The molecule has 0 amide bonds. The van der Waals surface area contributed by atoms with Crippen molar-refractivity contribution in [1.29, 1.82) is 0 Å². The van der Waals surface area contributed by atoms with Crippen LogP contribution >= 0.6 is 0 Å². The van der Waals surface area contributed by atoms with E-state index in [2.05, 4.69) is 62.4 Å². The van der Waals surface area contributed by atoms with E-state index < -0.39 is 0 Å². The molecule has 154 valence electrons. The van der Waals surface area contributed by atoms with Crippen molar-refractivity contribution in [3.63, 3.8) is 0 Å². The Labute approximate surface area is 180 Å². The third kappa shape index (κ3) is 15.9. The number of hydrogen-bond donors (Lipinski definition) is 0. The molecule has 2 rings (SSSR count). The van der Waals surface area contributed by atoms with Crippen molar-refractivity contribution in [2.75, 3.05) is 0 Å². The Morgan fingerprint density at radius 2 is 0.926 bits per heavy atom. The molecule has 0 radical (unpaired) electrons. The van der Waals surface area contributed by atoms with Gasteiger partial charge in [-0.3, -0.25) is 0 Å². The molecule has 0 nitrogen and oxygen atoms in total. The first-order valence-corrected chi connectivity index (χ1v) is 11.3. The monoisotopic (exact) mass is 410 g/mol. The van der Waals surface area contributed by atoms with E-state index in [1.54, 1.807) is 0 Å². The van der Waals surface area contributed by atoms with Crippen molar-refractivity contribution in [3.8, 4) is 0 Å². The molecule has 0 fully saturated rings. The van der Waals surface area contributed by atoms with Crippen LogP contribution in [0.3, 0.4) is 0 Å². The van der Waals surface area contributed by atoms with Gasteiger partial charge < -0.3 is 0 Å². The molecule has 0 aromatic heterocycles. The molecule has 27 heavy (non-hydrogen) atoms. The SMILES string of the molecule is CCCCCCCCc1ccc[cH-]1.CCCCCCCCc1ccc[cH-]1.[Fe+2]. The van der Waals surface area contributed by atoms with Crippen LogP contribution in [0.5, 0.6) is 0 Å². The quantitative estimate of drug-likeness (QED) is 0.166. The van der Waals surface area contributed by atoms with Crippen LogP contribution < -0.4 is 0 Å². The van der Waals surface area contributed by atoms with E-state index >= 15 is 0 Å². The zero-order valence-electron chi connectivity index (χ0n) is 17.9. The smallest absolute Gasteiger partial charge is 0.213 e. The molecule has 0 saturated carbocycles. The van der Waals surface area contributed by atoms with Gasteiger partial charge in [0.2, 0.25) is 0 Å². The normalized spacial score (nSPS) is 10.1. The summed E-state index contributed by atoms with van der Waals surface area (Å²) in [6.45, 7) is 4.54. The molecule has 0 saturated heterocycles.